The molecule has 4 rings (SSSR count). The second kappa shape index (κ2) is 6.77. The Hall–Kier alpha value is -2.52. The van der Waals surface area contributed by atoms with Crippen molar-refractivity contribution in [3.8, 4) is 5.75 Å². The third-order valence-corrected chi connectivity index (χ3v) is 4.92. The zero-order valence-electron chi connectivity index (χ0n) is 14.4. The molecule has 128 valence electrons. The Morgan fingerprint density at radius 2 is 1.80 bits per heavy atom. The molecule has 1 N–H and O–H groups in total. The quantitative estimate of drug-likeness (QED) is 0.765. The minimum atomic E-state index is -0.528. The molecule has 25 heavy (non-hydrogen) atoms. The van der Waals surface area contributed by atoms with E-state index in [-0.39, 0.29) is 0 Å². The van der Waals surface area contributed by atoms with E-state index in [9.17, 15) is 5.11 Å². The lowest BCUT2D eigenvalue weighted by atomic mass is 10.1. The zero-order chi connectivity index (χ0) is 17.2. The predicted octanol–water partition coefficient (Wildman–Crippen LogP) is 4.03. The maximum absolute atomic E-state index is 10.5. The molecule has 0 spiro atoms. The maximum Gasteiger partial charge on any atom is 0.120 e. The number of para-hydroxylation sites is 1. The summed E-state index contributed by atoms with van der Waals surface area (Å²) in [5.41, 5.74) is 2.59. The molecule has 0 unspecified atom stereocenters. The van der Waals surface area contributed by atoms with Crippen LogP contribution >= 0.6 is 0 Å². The summed E-state index contributed by atoms with van der Waals surface area (Å²) in [6.45, 7) is 3.09. The molecule has 3 aromatic rings. The van der Waals surface area contributed by atoms with Gasteiger partial charge in [0.1, 0.15) is 18.5 Å². The molecule has 3 aromatic carbocycles. The SMILES string of the molecule is C[C@H]1Cc2ccccc2N1C[C@@H](O)COc1ccc2ccccc2c1. The summed E-state index contributed by atoms with van der Waals surface area (Å²) in [6, 6.07) is 23.1. The van der Waals surface area contributed by atoms with Gasteiger partial charge in [0.2, 0.25) is 0 Å². The lowest BCUT2D eigenvalue weighted by Crippen LogP contribution is -2.39. The first-order chi connectivity index (χ1) is 12.2. The Morgan fingerprint density at radius 3 is 2.68 bits per heavy atom. The fraction of sp³-hybridized carbons (Fsp3) is 0.273. The Bertz CT molecular complexity index is 877. The van der Waals surface area contributed by atoms with Gasteiger partial charge in [-0.05, 0) is 47.9 Å². The van der Waals surface area contributed by atoms with Crippen LogP contribution in [0.2, 0.25) is 0 Å². The summed E-state index contributed by atoms with van der Waals surface area (Å²) < 4.78 is 5.83. The van der Waals surface area contributed by atoms with Gasteiger partial charge in [0.15, 0.2) is 0 Å². The standard InChI is InChI=1S/C22H23NO2/c1-16-12-19-8-4-5-9-22(19)23(16)14-20(24)15-25-21-11-10-17-6-2-3-7-18(17)13-21/h2-11,13,16,20,24H,12,14-15H2,1H3/t16-,20+/m0/s1. The van der Waals surface area contributed by atoms with Crippen molar-refractivity contribution in [1.82, 2.24) is 0 Å². The lowest BCUT2D eigenvalue weighted by molar-refractivity contribution is 0.111. The van der Waals surface area contributed by atoms with Crippen LogP contribution in [0.15, 0.2) is 66.7 Å². The summed E-state index contributed by atoms with van der Waals surface area (Å²) in [4.78, 5) is 2.28. The van der Waals surface area contributed by atoms with Crippen molar-refractivity contribution in [2.45, 2.75) is 25.5 Å². The Morgan fingerprint density at radius 1 is 1.04 bits per heavy atom. The normalized spacial score (nSPS) is 17.5. The summed E-state index contributed by atoms with van der Waals surface area (Å²) in [7, 11) is 0. The average molecular weight is 333 g/mol. The number of fused-ring (bicyclic) bond motifs is 2. The first-order valence-corrected chi connectivity index (χ1v) is 8.85. The Balaban J connectivity index is 1.39. The molecule has 0 aliphatic carbocycles. The van der Waals surface area contributed by atoms with E-state index in [1.165, 1.54) is 16.6 Å². The Kier molecular flexibility index (Phi) is 4.33. The average Bonchev–Trinajstić information content (AvgIpc) is 2.95. The highest BCUT2D eigenvalue weighted by atomic mass is 16.5. The van der Waals surface area contributed by atoms with E-state index in [2.05, 4.69) is 54.3 Å². The Labute approximate surface area is 148 Å². The monoisotopic (exact) mass is 333 g/mol. The van der Waals surface area contributed by atoms with E-state index in [1.807, 2.05) is 24.3 Å². The third-order valence-electron chi connectivity index (χ3n) is 4.92. The smallest absolute Gasteiger partial charge is 0.120 e. The van der Waals surface area contributed by atoms with E-state index in [1.54, 1.807) is 0 Å². The molecule has 0 bridgehead atoms. The first-order valence-electron chi connectivity index (χ1n) is 8.85. The molecule has 1 heterocycles. The highest BCUT2D eigenvalue weighted by Crippen LogP contribution is 2.31. The molecule has 0 saturated heterocycles. The largest absolute Gasteiger partial charge is 0.491 e. The van der Waals surface area contributed by atoms with Gasteiger partial charge in [0.25, 0.3) is 0 Å². The molecule has 3 nitrogen and oxygen atoms in total. The van der Waals surface area contributed by atoms with Gasteiger partial charge in [0, 0.05) is 18.3 Å². The van der Waals surface area contributed by atoms with Crippen LogP contribution in [0.3, 0.4) is 0 Å². The number of β-amino-alcohol motifs (C(OH)–C–C–N with tert-alkyl or cyclic N) is 1. The number of rotatable bonds is 5. The van der Waals surface area contributed by atoms with Crippen LogP contribution < -0.4 is 9.64 Å². The van der Waals surface area contributed by atoms with Crippen LogP contribution in [0.5, 0.6) is 5.75 Å². The highest BCUT2D eigenvalue weighted by Gasteiger charge is 2.27. The van der Waals surface area contributed by atoms with Gasteiger partial charge in [-0.1, -0.05) is 48.5 Å². The van der Waals surface area contributed by atoms with E-state index in [0.29, 0.717) is 19.2 Å². The molecule has 0 fully saturated rings. The van der Waals surface area contributed by atoms with Gasteiger partial charge >= 0.3 is 0 Å². The number of hydrogen-bond acceptors (Lipinski definition) is 3. The number of nitrogens with zero attached hydrogens (tertiary/aromatic N) is 1. The van der Waals surface area contributed by atoms with Crippen molar-refractivity contribution in [2.24, 2.45) is 0 Å². The molecule has 3 heteroatoms. The van der Waals surface area contributed by atoms with Gasteiger partial charge in [-0.15, -0.1) is 0 Å². The number of anilines is 1. The summed E-state index contributed by atoms with van der Waals surface area (Å²) in [6.07, 6.45) is 0.508. The van der Waals surface area contributed by atoms with Crippen molar-refractivity contribution in [1.29, 1.82) is 0 Å². The molecule has 0 aromatic heterocycles. The number of ether oxygens (including phenoxy) is 1. The van der Waals surface area contributed by atoms with E-state index >= 15 is 0 Å². The number of hydrogen-bond donors (Lipinski definition) is 1. The zero-order valence-corrected chi connectivity index (χ0v) is 14.4. The van der Waals surface area contributed by atoms with Gasteiger partial charge < -0.3 is 14.7 Å². The van der Waals surface area contributed by atoms with E-state index in [0.717, 1.165) is 17.6 Å². The second-order valence-corrected chi connectivity index (χ2v) is 6.81. The summed E-state index contributed by atoms with van der Waals surface area (Å²) in [5, 5.41) is 12.8. The number of aliphatic hydroxyl groups is 1. The van der Waals surface area contributed by atoms with Crippen LogP contribution in [0, 0.1) is 0 Å². The molecule has 1 aliphatic heterocycles. The molecule has 1 aliphatic rings. The van der Waals surface area contributed by atoms with E-state index in [4.69, 9.17) is 4.74 Å². The first kappa shape index (κ1) is 16.0. The topological polar surface area (TPSA) is 32.7 Å². The van der Waals surface area contributed by atoms with Crippen molar-refractivity contribution in [3.05, 3.63) is 72.3 Å². The van der Waals surface area contributed by atoms with Crippen molar-refractivity contribution in [3.63, 3.8) is 0 Å². The molecular weight excluding hydrogens is 310 g/mol. The van der Waals surface area contributed by atoms with Crippen molar-refractivity contribution < 1.29 is 9.84 Å². The highest BCUT2D eigenvalue weighted by molar-refractivity contribution is 5.83. The minimum absolute atomic E-state index is 0.295. The second-order valence-electron chi connectivity index (χ2n) is 6.81. The summed E-state index contributed by atoms with van der Waals surface area (Å²) >= 11 is 0. The fourth-order valence-corrected chi connectivity index (χ4v) is 3.64. The van der Waals surface area contributed by atoms with Gasteiger partial charge in [-0.2, -0.15) is 0 Å². The maximum atomic E-state index is 10.5. The molecule has 0 amide bonds. The van der Waals surface area contributed by atoms with Gasteiger partial charge in [0.05, 0.1) is 0 Å². The van der Waals surface area contributed by atoms with Crippen molar-refractivity contribution >= 4 is 16.5 Å². The lowest BCUT2D eigenvalue weighted by Gasteiger charge is -2.27. The van der Waals surface area contributed by atoms with Crippen LogP contribution in [-0.4, -0.2) is 30.4 Å². The molecule has 2 atom stereocenters. The van der Waals surface area contributed by atoms with Crippen LogP contribution in [0.4, 0.5) is 5.69 Å². The predicted molar refractivity (Wildman–Crippen MR) is 102 cm³/mol. The third kappa shape index (κ3) is 3.33. The van der Waals surface area contributed by atoms with E-state index < -0.39 is 6.10 Å². The van der Waals surface area contributed by atoms with Gasteiger partial charge in [-0.25, -0.2) is 0 Å². The number of aliphatic hydroxyl groups excluding tert-OH is 1. The van der Waals surface area contributed by atoms with Crippen LogP contribution in [0.1, 0.15) is 12.5 Å². The molecule has 0 radical (unpaired) electrons. The molecule has 0 saturated carbocycles. The minimum Gasteiger partial charge on any atom is -0.491 e. The summed E-state index contributed by atoms with van der Waals surface area (Å²) in [5.74, 6) is 0.799. The van der Waals surface area contributed by atoms with Crippen LogP contribution in [0.25, 0.3) is 10.8 Å². The number of benzene rings is 3. The van der Waals surface area contributed by atoms with Crippen molar-refractivity contribution in [2.75, 3.05) is 18.1 Å². The van der Waals surface area contributed by atoms with Gasteiger partial charge in [-0.3, -0.25) is 0 Å². The fourth-order valence-electron chi connectivity index (χ4n) is 3.64. The molecular formula is C22H23NO2. The van der Waals surface area contributed by atoms with Crippen LogP contribution in [-0.2, 0) is 6.42 Å².